The Labute approximate surface area is 94.8 Å². The van der Waals surface area contributed by atoms with Gasteiger partial charge in [-0.15, -0.1) is 12.3 Å². The van der Waals surface area contributed by atoms with Crippen molar-refractivity contribution in [3.8, 4) is 12.3 Å². The highest BCUT2D eigenvalue weighted by Crippen LogP contribution is 2.05. The van der Waals surface area contributed by atoms with Crippen molar-refractivity contribution in [3.63, 3.8) is 0 Å². The van der Waals surface area contributed by atoms with E-state index < -0.39 is 24.0 Å². The summed E-state index contributed by atoms with van der Waals surface area (Å²) in [5, 5.41) is 20.3. The number of carboxylic acid groups (broad SMARTS) is 1. The van der Waals surface area contributed by atoms with Crippen molar-refractivity contribution in [1.82, 2.24) is 5.32 Å². The summed E-state index contributed by atoms with van der Waals surface area (Å²) in [6.45, 7) is 3.71. The molecule has 0 aromatic heterocycles. The van der Waals surface area contributed by atoms with E-state index in [0.29, 0.717) is 0 Å². The Morgan fingerprint density at radius 3 is 2.38 bits per heavy atom. The molecular weight excluding hydrogens is 210 g/mol. The van der Waals surface area contributed by atoms with Gasteiger partial charge in [0, 0.05) is 6.42 Å². The first-order valence-electron chi connectivity index (χ1n) is 5.03. The van der Waals surface area contributed by atoms with E-state index in [1.165, 1.54) is 0 Å². The number of hydrogen-bond donors (Lipinski definition) is 3. The molecule has 0 fully saturated rings. The van der Waals surface area contributed by atoms with E-state index in [4.69, 9.17) is 11.5 Å². The molecule has 2 atom stereocenters. The lowest BCUT2D eigenvalue weighted by Crippen LogP contribution is -2.45. The van der Waals surface area contributed by atoms with Gasteiger partial charge in [0.1, 0.15) is 12.1 Å². The highest BCUT2D eigenvalue weighted by Gasteiger charge is 2.23. The number of carbonyl (C=O) groups is 2. The Bertz CT molecular complexity index is 293. The third kappa shape index (κ3) is 5.37. The molecule has 1 amide bonds. The van der Waals surface area contributed by atoms with Crippen LogP contribution in [-0.4, -0.2) is 34.2 Å². The Hall–Kier alpha value is -1.54. The topological polar surface area (TPSA) is 86.6 Å². The van der Waals surface area contributed by atoms with Crippen molar-refractivity contribution in [3.05, 3.63) is 0 Å². The average Bonchev–Trinajstić information content (AvgIpc) is 2.15. The number of aliphatic hydroxyl groups is 1. The zero-order valence-corrected chi connectivity index (χ0v) is 9.43. The number of amides is 1. The first-order valence-corrected chi connectivity index (χ1v) is 5.03. The summed E-state index contributed by atoms with van der Waals surface area (Å²) < 4.78 is 0. The quantitative estimate of drug-likeness (QED) is 0.557. The second kappa shape index (κ2) is 6.85. The van der Waals surface area contributed by atoms with Crippen molar-refractivity contribution in [2.45, 2.75) is 38.8 Å². The summed E-state index contributed by atoms with van der Waals surface area (Å²) in [4.78, 5) is 22.1. The number of terminal acetylenes is 1. The predicted octanol–water partition coefficient (Wildman–Crippen LogP) is -0.0139. The fraction of sp³-hybridized carbons (Fsp3) is 0.636. The monoisotopic (exact) mass is 227 g/mol. The van der Waals surface area contributed by atoms with Gasteiger partial charge in [-0.3, -0.25) is 4.79 Å². The molecule has 0 heterocycles. The van der Waals surface area contributed by atoms with Crippen LogP contribution in [0.2, 0.25) is 0 Å². The predicted molar refractivity (Wildman–Crippen MR) is 58.5 cm³/mol. The lowest BCUT2D eigenvalue weighted by molar-refractivity contribution is -0.143. The van der Waals surface area contributed by atoms with Crippen molar-refractivity contribution >= 4 is 11.9 Å². The SMILES string of the molecule is C#CC[C@@H](NC(=O)[C@@H](O)CC(C)C)C(=O)O. The van der Waals surface area contributed by atoms with Crippen LogP contribution in [0.5, 0.6) is 0 Å². The lowest BCUT2D eigenvalue weighted by Gasteiger charge is -2.16. The lowest BCUT2D eigenvalue weighted by atomic mass is 10.1. The molecule has 16 heavy (non-hydrogen) atoms. The zero-order valence-electron chi connectivity index (χ0n) is 9.43. The molecule has 0 aliphatic rings. The number of aliphatic hydroxyl groups excluding tert-OH is 1. The van der Waals surface area contributed by atoms with E-state index in [9.17, 15) is 14.7 Å². The van der Waals surface area contributed by atoms with E-state index in [-0.39, 0.29) is 18.8 Å². The van der Waals surface area contributed by atoms with Crippen LogP contribution in [0.4, 0.5) is 0 Å². The molecule has 3 N–H and O–H groups in total. The molecule has 90 valence electrons. The first kappa shape index (κ1) is 14.5. The van der Waals surface area contributed by atoms with E-state index >= 15 is 0 Å². The number of aliphatic carboxylic acids is 1. The van der Waals surface area contributed by atoms with Crippen molar-refractivity contribution < 1.29 is 19.8 Å². The molecule has 0 rings (SSSR count). The van der Waals surface area contributed by atoms with Gasteiger partial charge in [0.25, 0.3) is 0 Å². The van der Waals surface area contributed by atoms with Gasteiger partial charge in [-0.05, 0) is 12.3 Å². The number of nitrogens with one attached hydrogen (secondary N) is 1. The third-order valence-electron chi connectivity index (χ3n) is 1.93. The first-order chi connectivity index (χ1) is 7.38. The van der Waals surface area contributed by atoms with Crippen LogP contribution in [-0.2, 0) is 9.59 Å². The molecule has 0 unspecified atom stereocenters. The smallest absolute Gasteiger partial charge is 0.327 e. The maximum atomic E-state index is 11.4. The zero-order chi connectivity index (χ0) is 12.7. The van der Waals surface area contributed by atoms with Gasteiger partial charge in [-0.25, -0.2) is 4.79 Å². The molecule has 0 bridgehead atoms. The third-order valence-corrected chi connectivity index (χ3v) is 1.93. The van der Waals surface area contributed by atoms with Crippen LogP contribution in [0.25, 0.3) is 0 Å². The maximum Gasteiger partial charge on any atom is 0.327 e. The largest absolute Gasteiger partial charge is 0.480 e. The van der Waals surface area contributed by atoms with Crippen LogP contribution in [0.1, 0.15) is 26.7 Å². The van der Waals surface area contributed by atoms with Gasteiger partial charge in [0.15, 0.2) is 0 Å². The van der Waals surface area contributed by atoms with Crippen LogP contribution in [0.3, 0.4) is 0 Å². The van der Waals surface area contributed by atoms with Crippen LogP contribution < -0.4 is 5.32 Å². The van der Waals surface area contributed by atoms with Gasteiger partial charge in [-0.2, -0.15) is 0 Å². The summed E-state index contributed by atoms with van der Waals surface area (Å²) in [7, 11) is 0. The minimum absolute atomic E-state index is 0.102. The Kier molecular flexibility index (Phi) is 6.19. The Morgan fingerprint density at radius 1 is 1.44 bits per heavy atom. The van der Waals surface area contributed by atoms with Gasteiger partial charge in [-0.1, -0.05) is 13.8 Å². The molecule has 0 aromatic carbocycles. The molecule has 0 spiro atoms. The molecule has 0 saturated carbocycles. The van der Waals surface area contributed by atoms with Crippen LogP contribution >= 0.6 is 0 Å². The van der Waals surface area contributed by atoms with Crippen LogP contribution in [0.15, 0.2) is 0 Å². The van der Waals surface area contributed by atoms with E-state index in [1.54, 1.807) is 0 Å². The highest BCUT2D eigenvalue weighted by atomic mass is 16.4. The second-order valence-corrected chi connectivity index (χ2v) is 3.95. The molecule has 0 aliphatic carbocycles. The molecule has 0 radical (unpaired) electrons. The number of carbonyl (C=O) groups excluding carboxylic acids is 1. The number of hydrogen-bond acceptors (Lipinski definition) is 3. The van der Waals surface area contributed by atoms with Crippen molar-refractivity contribution in [2.24, 2.45) is 5.92 Å². The van der Waals surface area contributed by atoms with E-state index in [0.717, 1.165) is 0 Å². The molecule has 0 aliphatic heterocycles. The van der Waals surface area contributed by atoms with Crippen LogP contribution in [0, 0.1) is 18.3 Å². The molecule has 0 aromatic rings. The van der Waals surface area contributed by atoms with Gasteiger partial charge in [0.05, 0.1) is 0 Å². The molecular formula is C11H17NO4. The summed E-state index contributed by atoms with van der Waals surface area (Å²) in [6.07, 6.45) is 3.96. The Morgan fingerprint density at radius 2 is 2.00 bits per heavy atom. The van der Waals surface area contributed by atoms with Gasteiger partial charge in [0.2, 0.25) is 5.91 Å². The summed E-state index contributed by atoms with van der Waals surface area (Å²) in [5.74, 6) is 0.403. The van der Waals surface area contributed by atoms with Crippen molar-refractivity contribution in [2.75, 3.05) is 0 Å². The van der Waals surface area contributed by atoms with E-state index in [1.807, 2.05) is 13.8 Å². The normalized spacial score (nSPS) is 13.9. The highest BCUT2D eigenvalue weighted by molar-refractivity contribution is 5.86. The second-order valence-electron chi connectivity index (χ2n) is 3.95. The fourth-order valence-electron chi connectivity index (χ4n) is 1.14. The van der Waals surface area contributed by atoms with Crippen molar-refractivity contribution in [1.29, 1.82) is 0 Å². The summed E-state index contributed by atoms with van der Waals surface area (Å²) in [6, 6.07) is -1.14. The summed E-state index contributed by atoms with van der Waals surface area (Å²) >= 11 is 0. The van der Waals surface area contributed by atoms with Gasteiger partial charge >= 0.3 is 5.97 Å². The maximum absolute atomic E-state index is 11.4. The Balaban J connectivity index is 4.30. The van der Waals surface area contributed by atoms with E-state index in [2.05, 4.69) is 11.2 Å². The minimum Gasteiger partial charge on any atom is -0.480 e. The number of carboxylic acids is 1. The molecule has 5 heteroatoms. The fourth-order valence-corrected chi connectivity index (χ4v) is 1.14. The molecule has 5 nitrogen and oxygen atoms in total. The van der Waals surface area contributed by atoms with Gasteiger partial charge < -0.3 is 15.5 Å². The average molecular weight is 227 g/mol. The molecule has 0 saturated heterocycles. The summed E-state index contributed by atoms with van der Waals surface area (Å²) in [5.41, 5.74) is 0. The standard InChI is InChI=1S/C11H17NO4/c1-4-5-8(11(15)16)12-10(14)9(13)6-7(2)3/h1,7-9,13H,5-6H2,2-3H3,(H,12,14)(H,15,16)/t8-,9+/m1/s1. The number of rotatable bonds is 6. The minimum atomic E-state index is -1.21.